The first-order valence-electron chi connectivity index (χ1n) is 7.68. The van der Waals surface area contributed by atoms with Crippen LogP contribution in [0.15, 0.2) is 0 Å². The molecular weight excluding hydrogens is 304 g/mol. The summed E-state index contributed by atoms with van der Waals surface area (Å²) in [4.78, 5) is 0. The van der Waals surface area contributed by atoms with E-state index in [2.05, 4.69) is 27.8 Å². The van der Waals surface area contributed by atoms with Gasteiger partial charge in [-0.05, 0) is 38.5 Å². The molecule has 0 saturated carbocycles. The summed E-state index contributed by atoms with van der Waals surface area (Å²) in [5, 5.41) is 1.13. The summed E-state index contributed by atoms with van der Waals surface area (Å²) in [6.45, 7) is 1.64. The highest BCUT2D eigenvalue weighted by atomic mass is 79.9. The lowest BCUT2D eigenvalue weighted by atomic mass is 10.1. The van der Waals surface area contributed by atoms with Gasteiger partial charge in [-0.15, -0.1) is 11.8 Å². The van der Waals surface area contributed by atoms with Gasteiger partial charge in [-0.1, -0.05) is 28.8 Å². The van der Waals surface area contributed by atoms with E-state index in [9.17, 15) is 0 Å². The minimum absolute atomic E-state index is 0.0520. The molecule has 1 aliphatic rings. The van der Waals surface area contributed by atoms with Crippen molar-refractivity contribution in [2.75, 3.05) is 18.5 Å². The van der Waals surface area contributed by atoms with E-state index in [1.54, 1.807) is 0 Å². The quantitative estimate of drug-likeness (QED) is 0.348. The Hall–Kier alpha value is -0.0400. The Morgan fingerprint density at radius 3 is 2.53 bits per heavy atom. The second kappa shape index (κ2) is 13.0. The second-order valence-electron chi connectivity index (χ2n) is 4.98. The molecule has 1 aliphatic heterocycles. The van der Waals surface area contributed by atoms with E-state index in [0.717, 1.165) is 44.2 Å². The van der Waals surface area contributed by atoms with Gasteiger partial charge in [-0.2, -0.15) is 0 Å². The van der Waals surface area contributed by atoms with Crippen molar-refractivity contribution in [2.45, 2.75) is 70.5 Å². The SMILES string of the molecule is BrCCCCCCC#CCCCOC1CCCCO1. The normalized spacial score (nSPS) is 18.9. The number of ether oxygens (including phenoxy) is 2. The molecular formula is C16H27BrO2. The first kappa shape index (κ1) is 17.0. The fourth-order valence-corrected chi connectivity index (χ4v) is 2.45. The topological polar surface area (TPSA) is 18.5 Å². The van der Waals surface area contributed by atoms with Crippen molar-refractivity contribution in [1.82, 2.24) is 0 Å². The van der Waals surface area contributed by atoms with Gasteiger partial charge in [0, 0.05) is 24.8 Å². The van der Waals surface area contributed by atoms with E-state index < -0.39 is 0 Å². The summed E-state index contributed by atoms with van der Waals surface area (Å²) in [5.74, 6) is 6.49. The van der Waals surface area contributed by atoms with Crippen molar-refractivity contribution >= 4 is 15.9 Å². The highest BCUT2D eigenvalue weighted by Gasteiger charge is 2.12. The summed E-state index contributed by atoms with van der Waals surface area (Å²) in [6.07, 6.45) is 11.7. The third kappa shape index (κ3) is 10.4. The maximum atomic E-state index is 5.66. The van der Waals surface area contributed by atoms with Crippen LogP contribution in [0.4, 0.5) is 0 Å². The molecule has 0 amide bonds. The highest BCUT2D eigenvalue weighted by Crippen LogP contribution is 2.13. The van der Waals surface area contributed by atoms with Gasteiger partial charge in [-0.25, -0.2) is 0 Å². The summed E-state index contributed by atoms with van der Waals surface area (Å²) in [7, 11) is 0. The number of unbranched alkanes of at least 4 members (excludes halogenated alkanes) is 5. The maximum absolute atomic E-state index is 5.66. The van der Waals surface area contributed by atoms with E-state index in [1.807, 2.05) is 0 Å². The fourth-order valence-electron chi connectivity index (χ4n) is 2.06. The van der Waals surface area contributed by atoms with Crippen LogP contribution in [-0.2, 0) is 9.47 Å². The van der Waals surface area contributed by atoms with Crippen LogP contribution in [0, 0.1) is 11.8 Å². The Bertz CT molecular complexity index is 251. The first-order valence-corrected chi connectivity index (χ1v) is 8.80. The van der Waals surface area contributed by atoms with Gasteiger partial charge in [-0.3, -0.25) is 0 Å². The minimum Gasteiger partial charge on any atom is -0.353 e. The Balaban J connectivity index is 1.82. The number of hydrogen-bond acceptors (Lipinski definition) is 2. The zero-order valence-corrected chi connectivity index (χ0v) is 13.6. The molecule has 110 valence electrons. The van der Waals surface area contributed by atoms with Crippen LogP contribution in [-0.4, -0.2) is 24.8 Å². The van der Waals surface area contributed by atoms with Crippen molar-refractivity contribution < 1.29 is 9.47 Å². The van der Waals surface area contributed by atoms with Gasteiger partial charge in [0.25, 0.3) is 0 Å². The lowest BCUT2D eigenvalue weighted by molar-refractivity contribution is -0.162. The number of halogens is 1. The van der Waals surface area contributed by atoms with Crippen LogP contribution in [0.2, 0.25) is 0 Å². The predicted octanol–water partition coefficient (Wildman–Crippen LogP) is 4.66. The van der Waals surface area contributed by atoms with Crippen LogP contribution in [0.25, 0.3) is 0 Å². The molecule has 0 spiro atoms. The largest absolute Gasteiger partial charge is 0.353 e. The average Bonchev–Trinajstić information content (AvgIpc) is 2.46. The van der Waals surface area contributed by atoms with Gasteiger partial charge in [0.05, 0.1) is 6.61 Å². The molecule has 0 aliphatic carbocycles. The molecule has 1 saturated heterocycles. The number of hydrogen-bond donors (Lipinski definition) is 0. The second-order valence-corrected chi connectivity index (χ2v) is 5.77. The molecule has 0 aromatic carbocycles. The summed E-state index contributed by atoms with van der Waals surface area (Å²) < 4.78 is 11.2. The van der Waals surface area contributed by atoms with Crippen LogP contribution in [0.5, 0.6) is 0 Å². The maximum Gasteiger partial charge on any atom is 0.157 e. The van der Waals surface area contributed by atoms with Gasteiger partial charge < -0.3 is 9.47 Å². The zero-order valence-electron chi connectivity index (χ0n) is 12.0. The minimum atomic E-state index is 0.0520. The Labute approximate surface area is 126 Å². The highest BCUT2D eigenvalue weighted by molar-refractivity contribution is 9.09. The molecule has 1 unspecified atom stereocenters. The van der Waals surface area contributed by atoms with E-state index in [4.69, 9.17) is 9.47 Å². The molecule has 2 nitrogen and oxygen atoms in total. The molecule has 0 bridgehead atoms. The van der Waals surface area contributed by atoms with E-state index >= 15 is 0 Å². The Morgan fingerprint density at radius 2 is 1.79 bits per heavy atom. The van der Waals surface area contributed by atoms with Crippen LogP contribution in [0.1, 0.15) is 64.2 Å². The molecule has 0 N–H and O–H groups in total. The van der Waals surface area contributed by atoms with Gasteiger partial charge in [0.1, 0.15) is 0 Å². The standard InChI is InChI=1S/C16H27BrO2/c17-13-9-6-4-2-1-3-5-7-10-14-18-16-12-8-11-15-19-16/h16H,1-2,4,6-15H2. The average molecular weight is 331 g/mol. The molecule has 1 rings (SSSR count). The van der Waals surface area contributed by atoms with E-state index in [1.165, 1.54) is 38.5 Å². The fraction of sp³-hybridized carbons (Fsp3) is 0.875. The van der Waals surface area contributed by atoms with E-state index in [-0.39, 0.29) is 6.29 Å². The van der Waals surface area contributed by atoms with Crippen molar-refractivity contribution in [2.24, 2.45) is 0 Å². The summed E-state index contributed by atoms with van der Waals surface area (Å²) >= 11 is 3.45. The van der Waals surface area contributed by atoms with Gasteiger partial charge >= 0.3 is 0 Å². The van der Waals surface area contributed by atoms with Crippen LogP contribution < -0.4 is 0 Å². The molecule has 1 heterocycles. The van der Waals surface area contributed by atoms with Gasteiger partial charge in [0.2, 0.25) is 0 Å². The van der Waals surface area contributed by atoms with Crippen LogP contribution >= 0.6 is 15.9 Å². The van der Waals surface area contributed by atoms with Crippen molar-refractivity contribution in [1.29, 1.82) is 0 Å². The lowest BCUT2D eigenvalue weighted by Gasteiger charge is -2.22. The molecule has 19 heavy (non-hydrogen) atoms. The molecule has 1 atom stereocenters. The molecule has 1 fully saturated rings. The van der Waals surface area contributed by atoms with E-state index in [0.29, 0.717) is 0 Å². The van der Waals surface area contributed by atoms with Crippen molar-refractivity contribution in [3.63, 3.8) is 0 Å². The molecule has 0 radical (unpaired) electrons. The first-order chi connectivity index (χ1) is 9.43. The predicted molar refractivity (Wildman–Crippen MR) is 83.4 cm³/mol. The molecule has 3 heteroatoms. The Morgan fingerprint density at radius 1 is 1.00 bits per heavy atom. The van der Waals surface area contributed by atoms with Crippen molar-refractivity contribution in [3.05, 3.63) is 0 Å². The summed E-state index contributed by atoms with van der Waals surface area (Å²) in [6, 6.07) is 0. The smallest absolute Gasteiger partial charge is 0.157 e. The summed E-state index contributed by atoms with van der Waals surface area (Å²) in [5.41, 5.74) is 0. The number of rotatable bonds is 9. The third-order valence-electron chi connectivity index (χ3n) is 3.20. The monoisotopic (exact) mass is 330 g/mol. The third-order valence-corrected chi connectivity index (χ3v) is 3.76. The molecule has 0 aromatic rings. The zero-order chi connectivity index (χ0) is 13.6. The van der Waals surface area contributed by atoms with Crippen molar-refractivity contribution in [3.8, 4) is 11.8 Å². The molecule has 0 aromatic heterocycles. The van der Waals surface area contributed by atoms with Crippen LogP contribution in [0.3, 0.4) is 0 Å². The lowest BCUT2D eigenvalue weighted by Crippen LogP contribution is -2.22. The number of alkyl halides is 1. The van der Waals surface area contributed by atoms with Gasteiger partial charge in [0.15, 0.2) is 6.29 Å². The Kier molecular flexibility index (Phi) is 11.6.